The fourth-order valence-corrected chi connectivity index (χ4v) is 3.58. The molecule has 0 unspecified atom stereocenters. The first-order chi connectivity index (χ1) is 13.6. The van der Waals surface area contributed by atoms with Gasteiger partial charge in [-0.1, -0.05) is 18.5 Å². The van der Waals surface area contributed by atoms with Gasteiger partial charge in [-0.2, -0.15) is 0 Å². The second-order valence-corrected chi connectivity index (χ2v) is 7.49. The van der Waals surface area contributed by atoms with Gasteiger partial charge < -0.3 is 19.2 Å². The monoisotopic (exact) mass is 420 g/mol. The Bertz CT molecular complexity index is 911. The number of nitrogens with zero attached hydrogens (tertiary/aromatic N) is 2. The fraction of sp³-hybridized carbons (Fsp3) is 0.300. The van der Waals surface area contributed by atoms with E-state index in [1.165, 1.54) is 11.3 Å². The van der Waals surface area contributed by atoms with Crippen molar-refractivity contribution in [1.29, 1.82) is 0 Å². The molecule has 2 heterocycles. The lowest BCUT2D eigenvalue weighted by molar-refractivity contribution is -0.132. The summed E-state index contributed by atoms with van der Waals surface area (Å²) in [5.74, 6) is 1.36. The van der Waals surface area contributed by atoms with Crippen LogP contribution in [0.3, 0.4) is 0 Å². The van der Waals surface area contributed by atoms with E-state index in [0.29, 0.717) is 41.7 Å². The molecule has 2 aromatic heterocycles. The summed E-state index contributed by atoms with van der Waals surface area (Å²) in [7, 11) is 0. The summed E-state index contributed by atoms with van der Waals surface area (Å²) in [6.07, 6.45) is 1.98. The average molecular weight is 421 g/mol. The highest BCUT2D eigenvalue weighted by atomic mass is 35.5. The van der Waals surface area contributed by atoms with Gasteiger partial charge in [-0.15, -0.1) is 11.3 Å². The molecule has 1 aromatic carbocycles. The lowest BCUT2D eigenvalue weighted by atomic mass is 10.1. The summed E-state index contributed by atoms with van der Waals surface area (Å²) in [6.45, 7) is 2.73. The van der Waals surface area contributed by atoms with Gasteiger partial charge in [0.2, 0.25) is 5.91 Å². The third-order valence-corrected chi connectivity index (χ3v) is 5.18. The van der Waals surface area contributed by atoms with Crippen LogP contribution in [0.5, 0.6) is 5.75 Å². The molecule has 0 aliphatic heterocycles. The zero-order valence-corrected chi connectivity index (χ0v) is 17.0. The minimum Gasteiger partial charge on any atom is -0.486 e. The molecule has 6 nitrogen and oxygen atoms in total. The molecule has 0 radical (unpaired) electrons. The van der Waals surface area contributed by atoms with E-state index >= 15 is 0 Å². The van der Waals surface area contributed by atoms with Crippen molar-refractivity contribution in [3.05, 3.63) is 69.0 Å². The van der Waals surface area contributed by atoms with Crippen molar-refractivity contribution in [3.8, 4) is 5.75 Å². The van der Waals surface area contributed by atoms with Crippen LogP contribution < -0.4 is 4.74 Å². The number of carbonyl (C=O) groups excluding carboxylic acids is 1. The predicted octanol–water partition coefficient (Wildman–Crippen LogP) is 4.40. The normalized spacial score (nSPS) is 10.8. The van der Waals surface area contributed by atoms with E-state index in [1.54, 1.807) is 40.8 Å². The number of halogens is 1. The number of carbonyl (C=O) groups is 1. The summed E-state index contributed by atoms with van der Waals surface area (Å²) < 4.78 is 11.3. The molecular weight excluding hydrogens is 400 g/mol. The second kappa shape index (κ2) is 9.73. The summed E-state index contributed by atoms with van der Waals surface area (Å²) in [5, 5.41) is 12.3. The van der Waals surface area contributed by atoms with Gasteiger partial charge in [-0.05, 0) is 30.3 Å². The first-order valence-corrected chi connectivity index (χ1v) is 10.1. The molecule has 0 fully saturated rings. The van der Waals surface area contributed by atoms with Crippen LogP contribution in [-0.2, 0) is 31.1 Å². The largest absolute Gasteiger partial charge is 0.486 e. The predicted molar refractivity (Wildman–Crippen MR) is 107 cm³/mol. The molecule has 148 valence electrons. The molecule has 28 heavy (non-hydrogen) atoms. The van der Waals surface area contributed by atoms with Crippen molar-refractivity contribution in [2.75, 3.05) is 0 Å². The molecule has 0 saturated heterocycles. The molecule has 0 spiro atoms. The van der Waals surface area contributed by atoms with Gasteiger partial charge in [0.25, 0.3) is 0 Å². The summed E-state index contributed by atoms with van der Waals surface area (Å²) in [5.41, 5.74) is 1.43. The number of furan rings is 1. The number of amides is 1. The first kappa shape index (κ1) is 20.4. The summed E-state index contributed by atoms with van der Waals surface area (Å²) >= 11 is 7.61. The molecule has 3 aromatic rings. The maximum absolute atomic E-state index is 12.4. The highest BCUT2D eigenvalue weighted by Crippen LogP contribution is 2.26. The standard InChI is InChI=1S/C20H21ClN2O4S/c1-2-20(25)23(10-17-4-3-7-26-17)9-14-8-15(21)5-6-18(14)27-12-19-22-16(11-24)13-28-19/h3-8,13,24H,2,9-12H2,1H3. The number of benzene rings is 1. The molecule has 1 N–H and O–H groups in total. The molecule has 8 heteroatoms. The average Bonchev–Trinajstić information content (AvgIpc) is 3.38. The third kappa shape index (κ3) is 5.34. The van der Waals surface area contributed by atoms with Gasteiger partial charge in [-0.25, -0.2) is 4.98 Å². The van der Waals surface area contributed by atoms with Crippen molar-refractivity contribution in [1.82, 2.24) is 9.88 Å². The number of rotatable bonds is 9. The number of hydrogen-bond donors (Lipinski definition) is 1. The molecule has 3 rings (SSSR count). The van der Waals surface area contributed by atoms with Crippen LogP contribution in [0.4, 0.5) is 0 Å². The van der Waals surface area contributed by atoms with Gasteiger partial charge in [0.15, 0.2) is 0 Å². The Morgan fingerprint density at radius 1 is 1.36 bits per heavy atom. The van der Waals surface area contributed by atoms with Crippen LogP contribution in [0.25, 0.3) is 0 Å². The highest BCUT2D eigenvalue weighted by Gasteiger charge is 2.17. The fourth-order valence-electron chi connectivity index (χ4n) is 2.69. The van der Waals surface area contributed by atoms with Crippen LogP contribution in [0.15, 0.2) is 46.4 Å². The number of hydrogen-bond acceptors (Lipinski definition) is 6. The van der Waals surface area contributed by atoms with Crippen molar-refractivity contribution < 1.29 is 19.1 Å². The number of ether oxygens (including phenoxy) is 1. The number of thiazole rings is 1. The Kier molecular flexibility index (Phi) is 7.08. The molecule has 0 aliphatic carbocycles. The van der Waals surface area contributed by atoms with Crippen LogP contribution >= 0.6 is 22.9 Å². The smallest absolute Gasteiger partial charge is 0.222 e. The molecule has 0 atom stereocenters. The Morgan fingerprint density at radius 3 is 2.89 bits per heavy atom. The van der Waals surface area contributed by atoms with E-state index in [0.717, 1.165) is 10.6 Å². The van der Waals surface area contributed by atoms with E-state index in [4.69, 9.17) is 25.9 Å². The lowest BCUT2D eigenvalue weighted by Gasteiger charge is -2.23. The highest BCUT2D eigenvalue weighted by molar-refractivity contribution is 7.09. The number of aliphatic hydroxyl groups is 1. The topological polar surface area (TPSA) is 75.8 Å². The minimum absolute atomic E-state index is 0.00911. The van der Waals surface area contributed by atoms with Gasteiger partial charge in [0, 0.05) is 28.9 Å². The van der Waals surface area contributed by atoms with Crippen LogP contribution in [0.2, 0.25) is 5.02 Å². The Labute approximate surface area is 172 Å². The van der Waals surface area contributed by atoms with Crippen LogP contribution in [-0.4, -0.2) is 20.9 Å². The van der Waals surface area contributed by atoms with E-state index in [-0.39, 0.29) is 19.1 Å². The minimum atomic E-state index is -0.0937. The third-order valence-electron chi connectivity index (χ3n) is 4.08. The van der Waals surface area contributed by atoms with E-state index in [9.17, 15) is 4.79 Å². The number of aliphatic hydroxyl groups excluding tert-OH is 1. The SMILES string of the molecule is CCC(=O)N(Cc1ccco1)Cc1cc(Cl)ccc1OCc1nc(CO)cs1. The van der Waals surface area contributed by atoms with Crippen molar-refractivity contribution in [2.45, 2.75) is 39.6 Å². The van der Waals surface area contributed by atoms with E-state index < -0.39 is 0 Å². The molecule has 0 bridgehead atoms. The van der Waals surface area contributed by atoms with Gasteiger partial charge >= 0.3 is 0 Å². The number of aromatic nitrogens is 1. The first-order valence-electron chi connectivity index (χ1n) is 8.84. The summed E-state index contributed by atoms with van der Waals surface area (Å²) in [4.78, 5) is 18.4. The lowest BCUT2D eigenvalue weighted by Crippen LogP contribution is -2.29. The zero-order valence-electron chi connectivity index (χ0n) is 15.4. The molecule has 0 saturated carbocycles. The summed E-state index contributed by atoms with van der Waals surface area (Å²) in [6, 6.07) is 8.98. The Hall–Kier alpha value is -2.35. The van der Waals surface area contributed by atoms with Crippen LogP contribution in [0.1, 0.15) is 35.4 Å². The zero-order chi connectivity index (χ0) is 19.9. The van der Waals surface area contributed by atoms with Crippen molar-refractivity contribution in [2.24, 2.45) is 0 Å². The van der Waals surface area contributed by atoms with Crippen LogP contribution in [0, 0.1) is 0 Å². The van der Waals surface area contributed by atoms with Gasteiger partial charge in [-0.3, -0.25) is 4.79 Å². The van der Waals surface area contributed by atoms with Gasteiger partial charge in [0.05, 0.1) is 25.1 Å². The molecule has 1 amide bonds. The Balaban J connectivity index is 1.76. The Morgan fingerprint density at radius 2 is 2.21 bits per heavy atom. The molecule has 0 aliphatic rings. The second-order valence-electron chi connectivity index (χ2n) is 6.11. The maximum Gasteiger partial charge on any atom is 0.222 e. The van der Waals surface area contributed by atoms with Crippen molar-refractivity contribution in [3.63, 3.8) is 0 Å². The van der Waals surface area contributed by atoms with Gasteiger partial charge in [0.1, 0.15) is 23.1 Å². The van der Waals surface area contributed by atoms with E-state index in [2.05, 4.69) is 4.98 Å². The maximum atomic E-state index is 12.4. The quantitative estimate of drug-likeness (QED) is 0.555. The molecular formula is C20H21ClN2O4S. The van der Waals surface area contributed by atoms with E-state index in [1.807, 2.05) is 13.0 Å². The van der Waals surface area contributed by atoms with Crippen molar-refractivity contribution >= 4 is 28.8 Å².